The maximum Gasteiger partial charge on any atom is 0.362 e. The summed E-state index contributed by atoms with van der Waals surface area (Å²) in [6.45, 7) is 3.59. The minimum absolute atomic E-state index is 0.215. The molecule has 1 heterocycles. The van der Waals surface area contributed by atoms with Crippen LogP contribution < -0.4 is 5.43 Å². The number of ether oxygens (including phenoxy) is 1. The van der Waals surface area contributed by atoms with E-state index in [2.05, 4.69) is 25.8 Å². The van der Waals surface area contributed by atoms with Gasteiger partial charge in [0.15, 0.2) is 0 Å². The highest BCUT2D eigenvalue weighted by Gasteiger charge is 2.16. The lowest BCUT2D eigenvalue weighted by molar-refractivity contribution is 0.0590. The van der Waals surface area contributed by atoms with Crippen LogP contribution >= 0.6 is 15.9 Å². The zero-order valence-electron chi connectivity index (χ0n) is 11.3. The van der Waals surface area contributed by atoms with E-state index in [0.29, 0.717) is 5.56 Å². The predicted octanol–water partition coefficient (Wildman–Crippen LogP) is 2.40. The van der Waals surface area contributed by atoms with Crippen LogP contribution in [0.1, 0.15) is 21.6 Å². The normalized spacial score (nSPS) is 10.4. The van der Waals surface area contributed by atoms with Crippen molar-refractivity contribution < 1.29 is 9.53 Å². The summed E-state index contributed by atoms with van der Waals surface area (Å²) in [7, 11) is 1.22. The van der Waals surface area contributed by atoms with Crippen LogP contribution in [-0.2, 0) is 4.74 Å². The summed E-state index contributed by atoms with van der Waals surface area (Å²) in [4.78, 5) is 23.5. The fourth-order valence-electron chi connectivity index (χ4n) is 1.74. The molecule has 5 nitrogen and oxygen atoms in total. The van der Waals surface area contributed by atoms with Gasteiger partial charge in [0.05, 0.1) is 12.8 Å². The SMILES string of the molecule is COC(=O)c1nn(-c2ccc(Br)c(C)c2)cc(C)c1=O. The van der Waals surface area contributed by atoms with Crippen molar-refractivity contribution in [2.75, 3.05) is 7.11 Å². The summed E-state index contributed by atoms with van der Waals surface area (Å²) >= 11 is 3.42. The second-order valence-corrected chi connectivity index (χ2v) is 5.21. The standard InChI is InChI=1S/C14H13BrN2O3/c1-8-6-10(4-5-11(8)15)17-7-9(2)13(18)12(16-17)14(19)20-3/h4-7H,1-3H3. The maximum absolute atomic E-state index is 11.9. The number of hydrogen-bond donors (Lipinski definition) is 0. The third-order valence-corrected chi connectivity index (χ3v) is 3.77. The number of hydrogen-bond acceptors (Lipinski definition) is 4. The first-order valence-electron chi connectivity index (χ1n) is 5.89. The topological polar surface area (TPSA) is 61.2 Å². The molecule has 0 aliphatic carbocycles. The molecule has 0 saturated carbocycles. The van der Waals surface area contributed by atoms with E-state index in [1.165, 1.54) is 11.8 Å². The molecule has 0 aliphatic heterocycles. The van der Waals surface area contributed by atoms with Crippen molar-refractivity contribution in [1.29, 1.82) is 0 Å². The van der Waals surface area contributed by atoms with Crippen LogP contribution in [-0.4, -0.2) is 22.9 Å². The van der Waals surface area contributed by atoms with Crippen molar-refractivity contribution in [3.05, 3.63) is 55.9 Å². The van der Waals surface area contributed by atoms with Crippen LogP contribution in [0.2, 0.25) is 0 Å². The summed E-state index contributed by atoms with van der Waals surface area (Å²) in [5, 5.41) is 4.06. The van der Waals surface area contributed by atoms with Crippen LogP contribution in [0.25, 0.3) is 5.69 Å². The number of carbonyl (C=O) groups excluding carboxylic acids is 1. The van der Waals surface area contributed by atoms with Gasteiger partial charge >= 0.3 is 5.97 Å². The van der Waals surface area contributed by atoms with Crippen LogP contribution in [0.4, 0.5) is 0 Å². The molecular weight excluding hydrogens is 324 g/mol. The minimum Gasteiger partial charge on any atom is -0.464 e. The molecule has 0 amide bonds. The van der Waals surface area contributed by atoms with Gasteiger partial charge in [-0.05, 0) is 37.6 Å². The van der Waals surface area contributed by atoms with Crippen molar-refractivity contribution in [2.24, 2.45) is 0 Å². The average Bonchev–Trinajstić information content (AvgIpc) is 2.44. The Morgan fingerprint density at radius 2 is 2.00 bits per heavy atom. The van der Waals surface area contributed by atoms with E-state index in [9.17, 15) is 9.59 Å². The van der Waals surface area contributed by atoms with Crippen molar-refractivity contribution >= 4 is 21.9 Å². The highest BCUT2D eigenvalue weighted by atomic mass is 79.9. The van der Waals surface area contributed by atoms with Gasteiger partial charge in [-0.15, -0.1) is 0 Å². The number of halogens is 1. The largest absolute Gasteiger partial charge is 0.464 e. The Labute approximate surface area is 124 Å². The number of methoxy groups -OCH3 is 1. The minimum atomic E-state index is -0.735. The molecule has 0 N–H and O–H groups in total. The third kappa shape index (κ3) is 2.65. The van der Waals surface area contributed by atoms with E-state index in [0.717, 1.165) is 15.7 Å². The van der Waals surface area contributed by atoms with Crippen LogP contribution in [0.15, 0.2) is 33.7 Å². The lowest BCUT2D eigenvalue weighted by atomic mass is 10.2. The molecular formula is C14H13BrN2O3. The molecule has 1 aromatic heterocycles. The fourth-order valence-corrected chi connectivity index (χ4v) is 1.99. The summed E-state index contributed by atoms with van der Waals surface area (Å²) in [6, 6.07) is 5.63. The number of nitrogens with zero attached hydrogens (tertiary/aromatic N) is 2. The quantitative estimate of drug-likeness (QED) is 0.790. The van der Waals surface area contributed by atoms with Gasteiger partial charge in [0.1, 0.15) is 0 Å². The molecule has 0 fully saturated rings. The molecule has 104 valence electrons. The van der Waals surface area contributed by atoms with Crippen molar-refractivity contribution in [3.63, 3.8) is 0 Å². The van der Waals surface area contributed by atoms with Gasteiger partial charge in [0.25, 0.3) is 0 Å². The Kier molecular flexibility index (Phi) is 4.04. The van der Waals surface area contributed by atoms with Gasteiger partial charge in [-0.25, -0.2) is 9.48 Å². The van der Waals surface area contributed by atoms with Crippen LogP contribution in [0.3, 0.4) is 0 Å². The summed E-state index contributed by atoms with van der Waals surface area (Å²) in [5.74, 6) is -0.735. The van der Waals surface area contributed by atoms with E-state index in [1.807, 2.05) is 25.1 Å². The maximum atomic E-state index is 11.9. The molecule has 2 rings (SSSR count). The Hall–Kier alpha value is -1.95. The smallest absolute Gasteiger partial charge is 0.362 e. The Bertz CT molecular complexity index is 738. The zero-order valence-corrected chi connectivity index (χ0v) is 12.9. The molecule has 0 bridgehead atoms. The molecule has 0 unspecified atom stereocenters. The Morgan fingerprint density at radius 1 is 1.30 bits per heavy atom. The number of aryl methyl sites for hydroxylation is 2. The number of rotatable bonds is 2. The summed E-state index contributed by atoms with van der Waals surface area (Å²) < 4.78 is 7.06. The number of carbonyl (C=O) groups is 1. The van der Waals surface area contributed by atoms with Crippen LogP contribution in [0.5, 0.6) is 0 Å². The predicted molar refractivity (Wildman–Crippen MR) is 78.3 cm³/mol. The monoisotopic (exact) mass is 336 g/mol. The first-order valence-corrected chi connectivity index (χ1v) is 6.68. The Morgan fingerprint density at radius 3 is 2.60 bits per heavy atom. The molecule has 0 atom stereocenters. The van der Waals surface area contributed by atoms with Gasteiger partial charge in [0.2, 0.25) is 11.1 Å². The second kappa shape index (κ2) is 5.58. The number of benzene rings is 1. The number of esters is 1. The molecule has 0 radical (unpaired) electrons. The van der Waals surface area contributed by atoms with Gasteiger partial charge in [-0.3, -0.25) is 4.79 Å². The van der Waals surface area contributed by atoms with Crippen molar-refractivity contribution in [3.8, 4) is 5.69 Å². The molecule has 6 heteroatoms. The van der Waals surface area contributed by atoms with E-state index >= 15 is 0 Å². The van der Waals surface area contributed by atoms with Gasteiger partial charge in [-0.1, -0.05) is 15.9 Å². The average molecular weight is 337 g/mol. The van der Waals surface area contributed by atoms with Crippen LogP contribution in [0, 0.1) is 13.8 Å². The van der Waals surface area contributed by atoms with Crippen molar-refractivity contribution in [1.82, 2.24) is 9.78 Å². The zero-order chi connectivity index (χ0) is 14.9. The number of aromatic nitrogens is 2. The molecule has 2 aromatic rings. The van der Waals surface area contributed by atoms with E-state index < -0.39 is 11.4 Å². The van der Waals surface area contributed by atoms with Gasteiger partial charge in [0, 0.05) is 16.2 Å². The highest BCUT2D eigenvalue weighted by molar-refractivity contribution is 9.10. The highest BCUT2D eigenvalue weighted by Crippen LogP contribution is 2.19. The molecule has 20 heavy (non-hydrogen) atoms. The second-order valence-electron chi connectivity index (χ2n) is 4.36. The third-order valence-electron chi connectivity index (χ3n) is 2.88. The first-order chi connectivity index (χ1) is 9.43. The molecule has 1 aromatic carbocycles. The lowest BCUT2D eigenvalue weighted by Crippen LogP contribution is -2.24. The van der Waals surface area contributed by atoms with Gasteiger partial charge < -0.3 is 4.74 Å². The van der Waals surface area contributed by atoms with E-state index in [4.69, 9.17) is 0 Å². The lowest BCUT2D eigenvalue weighted by Gasteiger charge is -2.09. The van der Waals surface area contributed by atoms with Gasteiger partial charge in [-0.2, -0.15) is 5.10 Å². The summed E-state index contributed by atoms with van der Waals surface area (Å²) in [5.41, 5.74) is 1.59. The fraction of sp³-hybridized carbons (Fsp3) is 0.214. The first kappa shape index (κ1) is 14.5. The molecule has 0 saturated heterocycles. The van der Waals surface area contributed by atoms with Crippen molar-refractivity contribution in [2.45, 2.75) is 13.8 Å². The molecule has 0 aliphatic rings. The molecule has 0 spiro atoms. The van der Waals surface area contributed by atoms with E-state index in [1.54, 1.807) is 13.1 Å². The summed E-state index contributed by atoms with van der Waals surface area (Å²) in [6.07, 6.45) is 1.59. The van der Waals surface area contributed by atoms with E-state index in [-0.39, 0.29) is 5.69 Å². The Balaban J connectivity index is 2.63.